The number of hydrogen-bond donors (Lipinski definition) is 1. The molecule has 0 aliphatic heterocycles. The van der Waals surface area contributed by atoms with Crippen LogP contribution in [0.5, 0.6) is 11.5 Å². The summed E-state index contributed by atoms with van der Waals surface area (Å²) < 4.78 is 5.70. The quantitative estimate of drug-likeness (QED) is 0.881. The molecule has 1 heterocycles. The summed E-state index contributed by atoms with van der Waals surface area (Å²) in [5.41, 5.74) is 7.56. The summed E-state index contributed by atoms with van der Waals surface area (Å²) in [4.78, 5) is 3.91. The van der Waals surface area contributed by atoms with Crippen molar-refractivity contribution in [3.63, 3.8) is 0 Å². The number of nitrogens with two attached hydrogens (primary N) is 1. The maximum atomic E-state index is 6.09. The Morgan fingerprint density at radius 3 is 2.35 bits per heavy atom. The van der Waals surface area contributed by atoms with Gasteiger partial charge in [0.2, 0.25) is 0 Å². The summed E-state index contributed by atoms with van der Waals surface area (Å²) in [5.74, 6) is 1.85. The maximum absolute atomic E-state index is 6.09. The number of anilines is 1. The van der Waals surface area contributed by atoms with Crippen LogP contribution in [-0.4, -0.2) is 4.98 Å². The van der Waals surface area contributed by atoms with Gasteiger partial charge in [-0.2, -0.15) is 0 Å². The van der Waals surface area contributed by atoms with Gasteiger partial charge in [0.15, 0.2) is 0 Å². The van der Waals surface area contributed by atoms with Crippen molar-refractivity contribution in [1.29, 1.82) is 0 Å². The van der Waals surface area contributed by atoms with E-state index in [0.717, 1.165) is 21.9 Å². The Kier molecular flexibility index (Phi) is 3.20. The van der Waals surface area contributed by atoms with Gasteiger partial charge in [-0.1, -0.05) is 11.6 Å². The van der Waals surface area contributed by atoms with Gasteiger partial charge < -0.3 is 10.5 Å². The van der Waals surface area contributed by atoms with E-state index in [-0.39, 0.29) is 0 Å². The van der Waals surface area contributed by atoms with Gasteiger partial charge in [-0.3, -0.25) is 0 Å². The van der Waals surface area contributed by atoms with E-state index in [4.69, 9.17) is 22.1 Å². The lowest BCUT2D eigenvalue weighted by Crippen LogP contribution is -1.92. The van der Waals surface area contributed by atoms with E-state index < -0.39 is 0 Å². The number of rotatable bonds is 2. The molecule has 2 N–H and O–H groups in total. The minimum atomic E-state index is 0.435. The Balaban J connectivity index is 2.31. The first-order valence-electron chi connectivity index (χ1n) is 5.22. The van der Waals surface area contributed by atoms with Gasteiger partial charge in [0.1, 0.15) is 17.3 Å². The number of aromatic nitrogens is 1. The molecule has 1 aromatic heterocycles. The molecular weight excluding hydrogens is 236 g/mol. The van der Waals surface area contributed by atoms with E-state index in [9.17, 15) is 0 Å². The van der Waals surface area contributed by atoms with Crippen LogP contribution in [0.1, 0.15) is 11.1 Å². The summed E-state index contributed by atoms with van der Waals surface area (Å²) in [6.07, 6.45) is 1.61. The Morgan fingerprint density at radius 1 is 1.12 bits per heavy atom. The van der Waals surface area contributed by atoms with Crippen LogP contribution in [0.25, 0.3) is 0 Å². The van der Waals surface area contributed by atoms with Gasteiger partial charge in [-0.25, -0.2) is 4.98 Å². The summed E-state index contributed by atoms with van der Waals surface area (Å²) in [5, 5.41) is 0.770. The molecule has 0 saturated heterocycles. The summed E-state index contributed by atoms with van der Waals surface area (Å²) in [7, 11) is 0. The first-order chi connectivity index (χ1) is 8.06. The van der Waals surface area contributed by atoms with Crippen molar-refractivity contribution in [2.45, 2.75) is 13.8 Å². The third-order valence-electron chi connectivity index (χ3n) is 2.40. The van der Waals surface area contributed by atoms with Crippen molar-refractivity contribution in [2.75, 3.05) is 5.73 Å². The molecule has 0 bridgehead atoms. The van der Waals surface area contributed by atoms with Crippen LogP contribution in [-0.2, 0) is 0 Å². The fraction of sp³-hybridized carbons (Fsp3) is 0.154. The van der Waals surface area contributed by atoms with E-state index in [1.54, 1.807) is 18.3 Å². The molecule has 1 aromatic carbocycles. The third-order valence-corrected chi connectivity index (χ3v) is 2.99. The minimum absolute atomic E-state index is 0.435. The molecule has 2 rings (SSSR count). The highest BCUT2D eigenvalue weighted by atomic mass is 35.5. The second-order valence-corrected chi connectivity index (χ2v) is 4.27. The van der Waals surface area contributed by atoms with Crippen LogP contribution in [0.15, 0.2) is 30.5 Å². The van der Waals surface area contributed by atoms with Crippen LogP contribution in [0.3, 0.4) is 0 Å². The first-order valence-corrected chi connectivity index (χ1v) is 5.60. The number of pyridine rings is 1. The molecule has 0 amide bonds. The van der Waals surface area contributed by atoms with Crippen molar-refractivity contribution >= 4 is 17.4 Å². The lowest BCUT2D eigenvalue weighted by atomic mass is 10.1. The normalized spacial score (nSPS) is 10.3. The maximum Gasteiger partial charge on any atom is 0.132 e. The van der Waals surface area contributed by atoms with Crippen LogP contribution < -0.4 is 10.5 Å². The van der Waals surface area contributed by atoms with Crippen molar-refractivity contribution in [2.24, 2.45) is 0 Å². The zero-order chi connectivity index (χ0) is 12.4. The predicted octanol–water partition coefficient (Wildman–Crippen LogP) is 3.73. The van der Waals surface area contributed by atoms with Crippen LogP contribution in [0, 0.1) is 13.8 Å². The molecule has 0 fully saturated rings. The molecule has 0 aliphatic rings. The molecule has 3 nitrogen and oxygen atoms in total. The van der Waals surface area contributed by atoms with Crippen molar-refractivity contribution in [3.05, 3.63) is 46.6 Å². The molecule has 0 radical (unpaired) electrons. The van der Waals surface area contributed by atoms with Crippen LogP contribution in [0.4, 0.5) is 5.82 Å². The average molecular weight is 249 g/mol. The summed E-state index contributed by atoms with van der Waals surface area (Å²) in [6, 6.07) is 7.23. The number of aryl methyl sites for hydroxylation is 2. The Morgan fingerprint density at radius 2 is 1.76 bits per heavy atom. The van der Waals surface area contributed by atoms with E-state index in [1.165, 1.54) is 0 Å². The number of ether oxygens (including phenoxy) is 1. The number of nitrogens with zero attached hydrogens (tertiary/aromatic N) is 1. The zero-order valence-corrected chi connectivity index (χ0v) is 10.5. The Labute approximate surface area is 105 Å². The Bertz CT molecular complexity index is 532. The van der Waals surface area contributed by atoms with E-state index in [1.807, 2.05) is 26.0 Å². The van der Waals surface area contributed by atoms with Gasteiger partial charge >= 0.3 is 0 Å². The van der Waals surface area contributed by atoms with Crippen molar-refractivity contribution in [1.82, 2.24) is 4.98 Å². The standard InChI is InChI=1S/C13H13ClN2O/c1-8-5-11(6-9(2)13(8)14)17-10-3-4-16-12(15)7-10/h3-7H,1-2H3,(H2,15,16). The predicted molar refractivity (Wildman–Crippen MR) is 69.6 cm³/mol. The van der Waals surface area contributed by atoms with E-state index >= 15 is 0 Å². The molecular formula is C13H13ClN2O. The first kappa shape index (κ1) is 11.7. The molecule has 0 atom stereocenters. The lowest BCUT2D eigenvalue weighted by Gasteiger charge is -2.09. The van der Waals surface area contributed by atoms with Crippen molar-refractivity contribution < 1.29 is 4.74 Å². The van der Waals surface area contributed by atoms with Gasteiger partial charge in [-0.15, -0.1) is 0 Å². The lowest BCUT2D eigenvalue weighted by molar-refractivity contribution is 0.481. The van der Waals surface area contributed by atoms with Gasteiger partial charge in [0.25, 0.3) is 0 Å². The fourth-order valence-corrected chi connectivity index (χ4v) is 1.70. The fourth-order valence-electron chi connectivity index (χ4n) is 1.59. The van der Waals surface area contributed by atoms with Crippen molar-refractivity contribution in [3.8, 4) is 11.5 Å². The minimum Gasteiger partial charge on any atom is -0.457 e. The molecule has 88 valence electrons. The van der Waals surface area contributed by atoms with Gasteiger partial charge in [-0.05, 0) is 43.2 Å². The van der Waals surface area contributed by atoms with Crippen LogP contribution >= 0.6 is 11.6 Å². The largest absolute Gasteiger partial charge is 0.457 e. The average Bonchev–Trinajstić information content (AvgIpc) is 2.26. The number of nitrogen functional groups attached to an aromatic ring is 1. The molecule has 0 spiro atoms. The molecule has 17 heavy (non-hydrogen) atoms. The second kappa shape index (κ2) is 4.63. The highest BCUT2D eigenvalue weighted by molar-refractivity contribution is 6.32. The summed E-state index contributed by atoms with van der Waals surface area (Å²) >= 11 is 6.09. The molecule has 2 aromatic rings. The second-order valence-electron chi connectivity index (χ2n) is 3.89. The number of hydrogen-bond acceptors (Lipinski definition) is 3. The topological polar surface area (TPSA) is 48.1 Å². The Hall–Kier alpha value is -1.74. The van der Waals surface area contributed by atoms with Gasteiger partial charge in [0, 0.05) is 17.3 Å². The highest BCUT2D eigenvalue weighted by Gasteiger charge is 2.04. The van der Waals surface area contributed by atoms with E-state index in [2.05, 4.69) is 4.98 Å². The number of benzene rings is 1. The smallest absolute Gasteiger partial charge is 0.132 e. The summed E-state index contributed by atoms with van der Waals surface area (Å²) in [6.45, 7) is 3.90. The third kappa shape index (κ3) is 2.68. The van der Waals surface area contributed by atoms with Gasteiger partial charge in [0.05, 0.1) is 0 Å². The molecule has 0 unspecified atom stereocenters. The molecule has 0 aliphatic carbocycles. The van der Waals surface area contributed by atoms with E-state index in [0.29, 0.717) is 11.6 Å². The zero-order valence-electron chi connectivity index (χ0n) is 9.70. The SMILES string of the molecule is Cc1cc(Oc2ccnc(N)c2)cc(C)c1Cl. The molecule has 0 saturated carbocycles. The monoisotopic (exact) mass is 248 g/mol. The number of halogens is 1. The van der Waals surface area contributed by atoms with Crippen LogP contribution in [0.2, 0.25) is 5.02 Å². The highest BCUT2D eigenvalue weighted by Crippen LogP contribution is 2.29. The molecule has 4 heteroatoms.